The molecular formula is C14H17N3O3. The zero-order valence-electron chi connectivity index (χ0n) is 11.1. The van der Waals surface area contributed by atoms with Gasteiger partial charge in [-0.15, -0.1) is 0 Å². The van der Waals surface area contributed by atoms with Crippen LogP contribution in [0.15, 0.2) is 18.6 Å². The Kier molecular flexibility index (Phi) is 3.38. The molecule has 0 bridgehead atoms. The summed E-state index contributed by atoms with van der Waals surface area (Å²) in [5.74, 6) is -0.915. The predicted molar refractivity (Wildman–Crippen MR) is 70.0 cm³/mol. The van der Waals surface area contributed by atoms with Crippen molar-refractivity contribution in [1.82, 2.24) is 14.9 Å². The van der Waals surface area contributed by atoms with Crippen LogP contribution in [-0.2, 0) is 4.79 Å². The maximum atomic E-state index is 12.6. The maximum Gasteiger partial charge on any atom is 0.326 e. The highest BCUT2D eigenvalue weighted by Crippen LogP contribution is 2.40. The second kappa shape index (κ2) is 5.19. The van der Waals surface area contributed by atoms with Crippen LogP contribution in [0.25, 0.3) is 0 Å². The number of carboxylic acid groups (broad SMARTS) is 1. The summed E-state index contributed by atoms with van der Waals surface area (Å²) >= 11 is 0. The molecule has 1 saturated heterocycles. The van der Waals surface area contributed by atoms with Crippen molar-refractivity contribution >= 4 is 11.9 Å². The summed E-state index contributed by atoms with van der Waals surface area (Å²) < 4.78 is 0. The van der Waals surface area contributed by atoms with Gasteiger partial charge in [-0.1, -0.05) is 12.8 Å². The highest BCUT2D eigenvalue weighted by Gasteiger charge is 2.47. The molecule has 1 N–H and O–H groups in total. The molecule has 1 aliphatic carbocycles. The SMILES string of the molecule is O=C(O)[C@@H]1C[C@H]2CCCC[C@@H]2N1C(=O)c1cnccn1. The lowest BCUT2D eigenvalue weighted by Crippen LogP contribution is -2.46. The van der Waals surface area contributed by atoms with Gasteiger partial charge >= 0.3 is 5.97 Å². The fourth-order valence-electron chi connectivity index (χ4n) is 3.51. The Morgan fingerprint density at radius 1 is 1.25 bits per heavy atom. The third-order valence-corrected chi connectivity index (χ3v) is 4.39. The van der Waals surface area contributed by atoms with Crippen LogP contribution in [0.5, 0.6) is 0 Å². The molecule has 2 aliphatic rings. The van der Waals surface area contributed by atoms with Crippen molar-refractivity contribution < 1.29 is 14.7 Å². The van der Waals surface area contributed by atoms with Crippen molar-refractivity contribution in [2.24, 2.45) is 5.92 Å². The van der Waals surface area contributed by atoms with Crippen molar-refractivity contribution in [3.05, 3.63) is 24.3 Å². The lowest BCUT2D eigenvalue weighted by molar-refractivity contribution is -0.141. The van der Waals surface area contributed by atoms with Crippen LogP contribution in [-0.4, -0.2) is 43.9 Å². The number of nitrogens with zero attached hydrogens (tertiary/aromatic N) is 3. The van der Waals surface area contributed by atoms with Gasteiger partial charge in [-0.25, -0.2) is 9.78 Å². The second-order valence-corrected chi connectivity index (χ2v) is 5.50. The molecule has 3 atom stereocenters. The van der Waals surface area contributed by atoms with E-state index in [1.165, 1.54) is 23.5 Å². The van der Waals surface area contributed by atoms with E-state index in [4.69, 9.17) is 0 Å². The Bertz CT molecular complexity index is 520. The first-order valence-electron chi connectivity index (χ1n) is 7.00. The summed E-state index contributed by atoms with van der Waals surface area (Å²) in [6, 6.07) is -0.683. The van der Waals surface area contributed by atoms with E-state index in [0.29, 0.717) is 12.3 Å². The first kappa shape index (κ1) is 13.0. The van der Waals surface area contributed by atoms with Crippen molar-refractivity contribution in [1.29, 1.82) is 0 Å². The summed E-state index contributed by atoms with van der Waals surface area (Å²) in [7, 11) is 0. The number of aromatic nitrogens is 2. The van der Waals surface area contributed by atoms with E-state index in [0.717, 1.165) is 25.7 Å². The maximum absolute atomic E-state index is 12.6. The molecule has 6 nitrogen and oxygen atoms in total. The zero-order chi connectivity index (χ0) is 14.1. The molecule has 0 radical (unpaired) electrons. The van der Waals surface area contributed by atoms with Crippen LogP contribution in [0.1, 0.15) is 42.6 Å². The average Bonchev–Trinajstić information content (AvgIpc) is 2.87. The first-order chi connectivity index (χ1) is 9.68. The van der Waals surface area contributed by atoms with Gasteiger partial charge in [0.15, 0.2) is 0 Å². The molecule has 2 heterocycles. The minimum Gasteiger partial charge on any atom is -0.480 e. The standard InChI is InChI=1S/C14H17N3O3/c18-13(10-8-15-5-6-16-10)17-11-4-2-1-3-9(11)7-12(17)14(19)20/h5-6,8-9,11-12H,1-4,7H2,(H,19,20)/t9-,11+,12+/m1/s1. The first-order valence-corrected chi connectivity index (χ1v) is 7.00. The summed E-state index contributed by atoms with van der Waals surface area (Å²) in [6.07, 6.45) is 9.00. The number of carbonyl (C=O) groups is 2. The number of hydrogen-bond acceptors (Lipinski definition) is 4. The molecule has 3 rings (SSSR count). The summed E-state index contributed by atoms with van der Waals surface area (Å²) in [5.41, 5.74) is 0.227. The van der Waals surface area contributed by atoms with Gasteiger partial charge in [-0.05, 0) is 25.2 Å². The highest BCUT2D eigenvalue weighted by molar-refractivity contribution is 5.95. The minimum absolute atomic E-state index is 0.0411. The number of rotatable bonds is 2. The normalized spacial score (nSPS) is 29.0. The van der Waals surface area contributed by atoms with Crippen LogP contribution < -0.4 is 0 Å². The van der Waals surface area contributed by atoms with Crippen LogP contribution in [0, 0.1) is 5.92 Å². The molecule has 1 aromatic heterocycles. The van der Waals surface area contributed by atoms with Crippen molar-refractivity contribution in [2.45, 2.75) is 44.2 Å². The average molecular weight is 275 g/mol. The van der Waals surface area contributed by atoms with Gasteiger partial charge < -0.3 is 10.0 Å². The largest absolute Gasteiger partial charge is 0.480 e. The van der Waals surface area contributed by atoms with E-state index in [9.17, 15) is 14.7 Å². The molecule has 0 unspecified atom stereocenters. The van der Waals surface area contributed by atoms with E-state index in [-0.39, 0.29) is 17.6 Å². The van der Waals surface area contributed by atoms with Crippen LogP contribution in [0.4, 0.5) is 0 Å². The number of amides is 1. The molecule has 20 heavy (non-hydrogen) atoms. The van der Waals surface area contributed by atoms with E-state index >= 15 is 0 Å². The predicted octanol–water partition coefficient (Wildman–Crippen LogP) is 1.33. The number of aliphatic carboxylic acids is 1. The quantitative estimate of drug-likeness (QED) is 0.880. The Balaban J connectivity index is 1.91. The Labute approximate surface area is 116 Å². The van der Waals surface area contributed by atoms with Crippen molar-refractivity contribution in [2.75, 3.05) is 0 Å². The van der Waals surface area contributed by atoms with Gasteiger partial charge in [0.05, 0.1) is 6.20 Å². The zero-order valence-corrected chi connectivity index (χ0v) is 11.1. The van der Waals surface area contributed by atoms with Gasteiger partial charge in [0.1, 0.15) is 11.7 Å². The number of likely N-dealkylation sites (tertiary alicyclic amines) is 1. The van der Waals surface area contributed by atoms with Crippen LogP contribution in [0.2, 0.25) is 0 Å². The van der Waals surface area contributed by atoms with Crippen LogP contribution >= 0.6 is 0 Å². The molecule has 106 valence electrons. The van der Waals surface area contributed by atoms with E-state index in [1.807, 2.05) is 0 Å². The summed E-state index contributed by atoms with van der Waals surface area (Å²) in [6.45, 7) is 0. The Hall–Kier alpha value is -1.98. The fourth-order valence-corrected chi connectivity index (χ4v) is 3.51. The van der Waals surface area contributed by atoms with E-state index < -0.39 is 12.0 Å². The molecule has 0 spiro atoms. The highest BCUT2D eigenvalue weighted by atomic mass is 16.4. The van der Waals surface area contributed by atoms with Gasteiger partial charge in [0.25, 0.3) is 5.91 Å². The van der Waals surface area contributed by atoms with Gasteiger partial charge in [-0.3, -0.25) is 9.78 Å². The molecule has 1 aromatic rings. The lowest BCUT2D eigenvalue weighted by Gasteiger charge is -2.32. The lowest BCUT2D eigenvalue weighted by atomic mass is 9.84. The molecule has 1 aliphatic heterocycles. The van der Waals surface area contributed by atoms with Crippen LogP contribution in [0.3, 0.4) is 0 Å². The Morgan fingerprint density at radius 3 is 2.75 bits per heavy atom. The summed E-state index contributed by atoms with van der Waals surface area (Å²) in [4.78, 5) is 33.5. The monoisotopic (exact) mass is 275 g/mol. The summed E-state index contributed by atoms with van der Waals surface area (Å²) in [5, 5.41) is 9.40. The molecule has 2 fully saturated rings. The number of fused-ring (bicyclic) bond motifs is 1. The van der Waals surface area contributed by atoms with Gasteiger partial charge in [0, 0.05) is 18.4 Å². The third kappa shape index (κ3) is 2.15. The molecule has 0 aromatic carbocycles. The van der Waals surface area contributed by atoms with E-state index in [2.05, 4.69) is 9.97 Å². The van der Waals surface area contributed by atoms with Crippen molar-refractivity contribution in [3.63, 3.8) is 0 Å². The fraction of sp³-hybridized carbons (Fsp3) is 0.571. The molecular weight excluding hydrogens is 258 g/mol. The Morgan fingerprint density at radius 2 is 2.05 bits per heavy atom. The third-order valence-electron chi connectivity index (χ3n) is 4.39. The van der Waals surface area contributed by atoms with Gasteiger partial charge in [0.2, 0.25) is 0 Å². The molecule has 1 saturated carbocycles. The minimum atomic E-state index is -0.920. The number of carboxylic acids is 1. The molecule has 6 heteroatoms. The smallest absolute Gasteiger partial charge is 0.326 e. The number of carbonyl (C=O) groups excluding carboxylic acids is 1. The van der Waals surface area contributed by atoms with Gasteiger partial charge in [-0.2, -0.15) is 0 Å². The topological polar surface area (TPSA) is 83.4 Å². The number of hydrogen-bond donors (Lipinski definition) is 1. The van der Waals surface area contributed by atoms with Crippen molar-refractivity contribution in [3.8, 4) is 0 Å². The van der Waals surface area contributed by atoms with E-state index in [1.54, 1.807) is 0 Å². The molecule has 1 amide bonds. The second-order valence-electron chi connectivity index (χ2n) is 5.50.